The number of aryl methyl sites for hydroxylation is 2. The Kier molecular flexibility index (Phi) is 7.96. The minimum absolute atomic E-state index is 0.0425. The van der Waals surface area contributed by atoms with Crippen LogP contribution in [0.1, 0.15) is 141 Å². The Labute approximate surface area is 352 Å². The number of hydrogen-bond acceptors (Lipinski definition) is 3. The molecule has 4 aliphatic rings. The molecule has 58 heavy (non-hydrogen) atoms. The lowest BCUT2D eigenvalue weighted by Gasteiger charge is -2.47. The molecule has 6 aromatic rings. The van der Waals surface area contributed by atoms with Crippen LogP contribution in [0.2, 0.25) is 0 Å². The Morgan fingerprint density at radius 2 is 1.16 bits per heavy atom. The molecule has 0 N–H and O–H groups in total. The van der Waals surface area contributed by atoms with Crippen LogP contribution in [0.5, 0.6) is 0 Å². The predicted octanol–water partition coefficient (Wildman–Crippen LogP) is 13.6. The van der Waals surface area contributed by atoms with E-state index in [1.807, 2.05) is 11.3 Å². The highest BCUT2D eigenvalue weighted by Gasteiger charge is 2.48. The van der Waals surface area contributed by atoms with Crippen LogP contribution in [-0.2, 0) is 27.1 Å². The van der Waals surface area contributed by atoms with Crippen molar-refractivity contribution < 1.29 is 0 Å². The highest BCUT2D eigenvalue weighted by Crippen LogP contribution is 2.54. The summed E-state index contributed by atoms with van der Waals surface area (Å²) in [5.41, 5.74) is 21.3. The van der Waals surface area contributed by atoms with Gasteiger partial charge < -0.3 is 9.80 Å². The molecule has 3 heterocycles. The number of rotatable bonds is 2. The molecule has 2 aliphatic carbocycles. The van der Waals surface area contributed by atoms with E-state index < -0.39 is 0 Å². The normalized spacial score (nSPS) is 19.3. The highest BCUT2D eigenvalue weighted by molar-refractivity contribution is 7.33. The van der Waals surface area contributed by atoms with Crippen LogP contribution in [0.25, 0.3) is 10.1 Å². The quantitative estimate of drug-likeness (QED) is 0.161. The first-order valence-corrected chi connectivity index (χ1v) is 22.7. The van der Waals surface area contributed by atoms with Gasteiger partial charge in [0.25, 0.3) is 6.71 Å². The van der Waals surface area contributed by atoms with E-state index in [0.29, 0.717) is 0 Å². The summed E-state index contributed by atoms with van der Waals surface area (Å²) in [7, 11) is 0. The highest BCUT2D eigenvalue weighted by atomic mass is 32.1. The molecule has 0 saturated heterocycles. The molecule has 0 bridgehead atoms. The molecule has 0 amide bonds. The van der Waals surface area contributed by atoms with Crippen molar-refractivity contribution in [2.24, 2.45) is 0 Å². The third-order valence-electron chi connectivity index (χ3n) is 15.1. The van der Waals surface area contributed by atoms with Crippen LogP contribution >= 0.6 is 11.3 Å². The zero-order valence-corrected chi connectivity index (χ0v) is 38.1. The molecule has 0 fully saturated rings. The number of nitrogens with zero attached hydrogens (tertiary/aromatic N) is 2. The third-order valence-corrected chi connectivity index (χ3v) is 16.3. The van der Waals surface area contributed by atoms with Crippen LogP contribution in [0.15, 0.2) is 84.9 Å². The van der Waals surface area contributed by atoms with Crippen molar-refractivity contribution in [3.05, 3.63) is 124 Å². The maximum Gasteiger partial charge on any atom is 0.264 e. The lowest BCUT2D eigenvalue weighted by atomic mass is 9.35. The molecule has 2 nitrogen and oxygen atoms in total. The fourth-order valence-electron chi connectivity index (χ4n) is 11.2. The minimum atomic E-state index is 0.0425. The van der Waals surface area contributed by atoms with E-state index in [-0.39, 0.29) is 33.8 Å². The second-order valence-electron chi connectivity index (χ2n) is 22.1. The van der Waals surface area contributed by atoms with Crippen molar-refractivity contribution in [1.82, 2.24) is 0 Å². The van der Waals surface area contributed by atoms with E-state index in [9.17, 15) is 0 Å². The molecular formula is C54H61BN2S. The molecular weight excluding hydrogens is 719 g/mol. The number of para-hydroxylation sites is 1. The van der Waals surface area contributed by atoms with Crippen LogP contribution in [-0.4, -0.2) is 6.71 Å². The summed E-state index contributed by atoms with van der Waals surface area (Å²) in [6.07, 6.45) is 4.80. The summed E-state index contributed by atoms with van der Waals surface area (Å²) in [6.45, 7) is 31.5. The summed E-state index contributed by atoms with van der Waals surface area (Å²) >= 11 is 2.02. The molecule has 5 aromatic carbocycles. The monoisotopic (exact) mass is 780 g/mol. The van der Waals surface area contributed by atoms with Gasteiger partial charge in [-0.05, 0) is 165 Å². The van der Waals surface area contributed by atoms with Gasteiger partial charge in [0.2, 0.25) is 0 Å². The smallest absolute Gasteiger partial charge is 0.264 e. The maximum absolute atomic E-state index is 2.69. The number of benzene rings is 5. The lowest BCUT2D eigenvalue weighted by Crippen LogP contribution is -2.61. The van der Waals surface area contributed by atoms with E-state index >= 15 is 0 Å². The Morgan fingerprint density at radius 3 is 1.79 bits per heavy atom. The number of hydrogen-bond donors (Lipinski definition) is 0. The fourth-order valence-corrected chi connectivity index (χ4v) is 12.5. The molecule has 296 valence electrons. The van der Waals surface area contributed by atoms with Gasteiger partial charge in [0, 0.05) is 43.3 Å². The number of fused-ring (bicyclic) bond motifs is 8. The first kappa shape index (κ1) is 38.0. The average Bonchev–Trinajstić information content (AvgIpc) is 3.53. The van der Waals surface area contributed by atoms with E-state index in [2.05, 4.69) is 185 Å². The van der Waals surface area contributed by atoms with Crippen molar-refractivity contribution in [1.29, 1.82) is 0 Å². The zero-order valence-electron chi connectivity index (χ0n) is 37.3. The maximum atomic E-state index is 2.69. The van der Waals surface area contributed by atoms with Gasteiger partial charge in [0.15, 0.2) is 0 Å². The summed E-state index contributed by atoms with van der Waals surface area (Å²) in [5.74, 6) is 0. The van der Waals surface area contributed by atoms with Crippen molar-refractivity contribution >= 4 is 78.0 Å². The Bertz CT molecular complexity index is 2720. The van der Waals surface area contributed by atoms with Gasteiger partial charge in [-0.3, -0.25) is 0 Å². The van der Waals surface area contributed by atoms with Crippen LogP contribution in [0, 0.1) is 13.8 Å². The summed E-state index contributed by atoms with van der Waals surface area (Å²) in [5, 5.41) is 1.37. The largest absolute Gasteiger partial charge is 0.311 e. The predicted molar refractivity (Wildman–Crippen MR) is 255 cm³/mol. The van der Waals surface area contributed by atoms with Gasteiger partial charge in [-0.1, -0.05) is 113 Å². The number of thiophene rings is 1. The lowest BCUT2D eigenvalue weighted by molar-refractivity contribution is 0.332. The van der Waals surface area contributed by atoms with Crippen molar-refractivity contribution in [2.75, 3.05) is 9.80 Å². The van der Waals surface area contributed by atoms with Gasteiger partial charge in [-0.15, -0.1) is 11.3 Å². The topological polar surface area (TPSA) is 6.48 Å². The van der Waals surface area contributed by atoms with E-state index in [1.165, 1.54) is 125 Å². The van der Waals surface area contributed by atoms with Gasteiger partial charge in [-0.2, -0.15) is 0 Å². The molecule has 1 aromatic heterocycles. The minimum Gasteiger partial charge on any atom is -0.311 e. The first-order chi connectivity index (χ1) is 27.2. The standard InChI is InChI=1S/C54H61BN2S/c1-32-26-44-47-45(27-32)57(42-17-15-14-16-33(42)2)48-36-28-34(50(3,4)5)18-21-46(36)58-49(48)55(47)41-30-39-40(54(12,13)25-24-53(39,10)11)31-43(41)56(44)35-19-20-37-38(29-35)52(8,9)23-22-51(37,6)7/h14-21,26-31H,22-25H2,1-13H3. The fraction of sp³-hybridized carbons (Fsp3) is 0.407. The van der Waals surface area contributed by atoms with Gasteiger partial charge in [-0.25, -0.2) is 0 Å². The second-order valence-corrected chi connectivity index (χ2v) is 23.2. The molecule has 0 radical (unpaired) electrons. The first-order valence-electron chi connectivity index (χ1n) is 21.9. The van der Waals surface area contributed by atoms with Crippen LogP contribution < -0.4 is 25.5 Å². The Morgan fingerprint density at radius 1 is 0.569 bits per heavy atom. The average molecular weight is 781 g/mol. The summed E-state index contributed by atoms with van der Waals surface area (Å²) < 4.78 is 2.83. The van der Waals surface area contributed by atoms with Gasteiger partial charge >= 0.3 is 0 Å². The molecule has 0 spiro atoms. The summed E-state index contributed by atoms with van der Waals surface area (Å²) in [6, 6.07) is 34.2. The van der Waals surface area contributed by atoms with E-state index in [1.54, 1.807) is 0 Å². The van der Waals surface area contributed by atoms with Crippen LogP contribution in [0.3, 0.4) is 0 Å². The molecule has 4 heteroatoms. The Balaban J connectivity index is 1.35. The van der Waals surface area contributed by atoms with Gasteiger partial charge in [0.05, 0.1) is 5.69 Å². The molecule has 0 atom stereocenters. The SMILES string of the molecule is Cc1cc2c3c(c1)N(c1ccccc1C)c1c(sc4ccc(C(C)(C)C)cc14)B3c1cc3c(cc1N2c1ccc2c(c1)C(C)(C)CCC2(C)C)C(C)(C)CCC3(C)C. The van der Waals surface area contributed by atoms with Crippen molar-refractivity contribution in [2.45, 2.75) is 143 Å². The number of anilines is 6. The van der Waals surface area contributed by atoms with E-state index in [0.717, 1.165) is 0 Å². The Hall–Kier alpha value is -4.28. The molecule has 10 rings (SSSR count). The van der Waals surface area contributed by atoms with Crippen LogP contribution in [0.4, 0.5) is 34.1 Å². The molecule has 0 saturated carbocycles. The van der Waals surface area contributed by atoms with Gasteiger partial charge in [0.1, 0.15) is 0 Å². The van der Waals surface area contributed by atoms with E-state index in [4.69, 9.17) is 0 Å². The second kappa shape index (κ2) is 12.2. The zero-order chi connectivity index (χ0) is 41.1. The summed E-state index contributed by atoms with van der Waals surface area (Å²) in [4.78, 5) is 5.35. The van der Waals surface area contributed by atoms with Crippen molar-refractivity contribution in [3.8, 4) is 0 Å². The van der Waals surface area contributed by atoms with Crippen molar-refractivity contribution in [3.63, 3.8) is 0 Å². The third kappa shape index (κ3) is 5.42. The molecule has 2 aliphatic heterocycles. The molecule has 0 unspecified atom stereocenters.